The summed E-state index contributed by atoms with van der Waals surface area (Å²) >= 11 is 0. The molecule has 0 atom stereocenters. The number of methoxy groups -OCH3 is 1. The van der Waals surface area contributed by atoms with Crippen molar-refractivity contribution in [1.29, 1.82) is 0 Å². The number of H-pyrrole nitrogens is 1. The van der Waals surface area contributed by atoms with E-state index >= 15 is 0 Å². The monoisotopic (exact) mass is 291 g/mol. The van der Waals surface area contributed by atoms with E-state index in [0.717, 1.165) is 29.0 Å². The van der Waals surface area contributed by atoms with Crippen LogP contribution in [0, 0.1) is 0 Å². The molecule has 0 fully saturated rings. The van der Waals surface area contributed by atoms with E-state index in [1.807, 2.05) is 12.1 Å². The molecule has 0 aliphatic rings. The SMILES string of the molecule is CCn1cc(-c2cc3cccnc3[nH]2)c2cc(OC)ccc21. The molecule has 1 N–H and O–H groups in total. The largest absolute Gasteiger partial charge is 0.497 e. The number of fused-ring (bicyclic) bond motifs is 2. The highest BCUT2D eigenvalue weighted by molar-refractivity contribution is 5.98. The average molecular weight is 291 g/mol. The summed E-state index contributed by atoms with van der Waals surface area (Å²) in [5.74, 6) is 0.872. The Labute approximate surface area is 128 Å². The fraction of sp³-hybridized carbons (Fsp3) is 0.167. The van der Waals surface area contributed by atoms with Gasteiger partial charge in [-0.2, -0.15) is 0 Å². The van der Waals surface area contributed by atoms with E-state index in [2.05, 4.69) is 51.9 Å². The zero-order chi connectivity index (χ0) is 15.1. The fourth-order valence-corrected chi connectivity index (χ4v) is 2.98. The third-order valence-corrected chi connectivity index (χ3v) is 4.11. The Morgan fingerprint density at radius 3 is 2.91 bits per heavy atom. The molecule has 0 aliphatic heterocycles. The highest BCUT2D eigenvalue weighted by Crippen LogP contribution is 2.33. The highest BCUT2D eigenvalue weighted by Gasteiger charge is 2.13. The molecule has 0 aliphatic carbocycles. The van der Waals surface area contributed by atoms with Gasteiger partial charge in [0.1, 0.15) is 11.4 Å². The van der Waals surface area contributed by atoms with E-state index in [1.165, 1.54) is 16.5 Å². The van der Waals surface area contributed by atoms with Crippen LogP contribution < -0.4 is 4.74 Å². The quantitative estimate of drug-likeness (QED) is 0.614. The maximum absolute atomic E-state index is 5.38. The average Bonchev–Trinajstić information content (AvgIpc) is 3.14. The molecular formula is C18H17N3O. The first-order valence-electron chi connectivity index (χ1n) is 7.41. The van der Waals surface area contributed by atoms with E-state index in [4.69, 9.17) is 4.74 Å². The van der Waals surface area contributed by atoms with Crippen molar-refractivity contribution in [2.75, 3.05) is 7.11 Å². The van der Waals surface area contributed by atoms with Gasteiger partial charge in [-0.05, 0) is 43.3 Å². The van der Waals surface area contributed by atoms with Crippen LogP contribution in [0.5, 0.6) is 5.75 Å². The van der Waals surface area contributed by atoms with E-state index in [0.29, 0.717) is 0 Å². The second-order valence-electron chi connectivity index (χ2n) is 5.34. The minimum Gasteiger partial charge on any atom is -0.497 e. The number of aryl methyl sites for hydroxylation is 1. The van der Waals surface area contributed by atoms with Crippen LogP contribution in [-0.2, 0) is 6.54 Å². The second-order valence-corrected chi connectivity index (χ2v) is 5.34. The van der Waals surface area contributed by atoms with Crippen LogP contribution >= 0.6 is 0 Å². The third-order valence-electron chi connectivity index (χ3n) is 4.11. The molecule has 4 aromatic rings. The number of nitrogens with zero attached hydrogens (tertiary/aromatic N) is 2. The number of nitrogens with one attached hydrogen (secondary N) is 1. The number of hydrogen-bond donors (Lipinski definition) is 1. The molecule has 4 heteroatoms. The lowest BCUT2D eigenvalue weighted by molar-refractivity contribution is 0.415. The number of hydrogen-bond acceptors (Lipinski definition) is 2. The summed E-state index contributed by atoms with van der Waals surface area (Å²) in [6.45, 7) is 3.08. The van der Waals surface area contributed by atoms with Gasteiger partial charge in [-0.25, -0.2) is 4.98 Å². The Morgan fingerprint density at radius 2 is 2.14 bits per heavy atom. The molecule has 4 rings (SSSR count). The molecule has 0 saturated heterocycles. The summed E-state index contributed by atoms with van der Waals surface area (Å²) < 4.78 is 7.64. The van der Waals surface area contributed by atoms with Crippen LogP contribution in [0.1, 0.15) is 6.92 Å². The lowest BCUT2D eigenvalue weighted by Gasteiger charge is -2.02. The molecule has 1 aromatic carbocycles. The maximum Gasteiger partial charge on any atom is 0.137 e. The smallest absolute Gasteiger partial charge is 0.137 e. The molecular weight excluding hydrogens is 274 g/mol. The molecule has 3 heterocycles. The van der Waals surface area contributed by atoms with Crippen molar-refractivity contribution < 1.29 is 4.74 Å². The predicted octanol–water partition coefficient (Wildman–Crippen LogP) is 4.21. The Hall–Kier alpha value is -2.75. The number of benzene rings is 1. The number of aromatic nitrogens is 3. The second kappa shape index (κ2) is 4.91. The summed E-state index contributed by atoms with van der Waals surface area (Å²) in [5.41, 5.74) is 4.38. The van der Waals surface area contributed by atoms with Crippen LogP contribution in [0.3, 0.4) is 0 Å². The molecule has 0 unspecified atom stereocenters. The fourth-order valence-electron chi connectivity index (χ4n) is 2.98. The van der Waals surface area contributed by atoms with Crippen molar-refractivity contribution in [1.82, 2.24) is 14.5 Å². The van der Waals surface area contributed by atoms with Gasteiger partial charge in [0.2, 0.25) is 0 Å². The maximum atomic E-state index is 5.38. The Balaban J connectivity index is 2.00. The highest BCUT2D eigenvalue weighted by atomic mass is 16.5. The Bertz CT molecular complexity index is 932. The van der Waals surface area contributed by atoms with Gasteiger partial charge in [-0.1, -0.05) is 0 Å². The standard InChI is InChI=1S/C18H17N3O/c1-3-21-11-15(14-10-13(22-2)6-7-17(14)21)16-9-12-5-4-8-19-18(12)20-16/h4-11H,3H2,1-2H3,(H,19,20). The predicted molar refractivity (Wildman–Crippen MR) is 89.3 cm³/mol. The van der Waals surface area contributed by atoms with Gasteiger partial charge < -0.3 is 14.3 Å². The molecule has 22 heavy (non-hydrogen) atoms. The van der Waals surface area contributed by atoms with Crippen molar-refractivity contribution in [3.63, 3.8) is 0 Å². The normalized spacial score (nSPS) is 11.4. The summed E-state index contributed by atoms with van der Waals surface area (Å²) in [7, 11) is 1.70. The zero-order valence-electron chi connectivity index (χ0n) is 12.6. The first-order chi connectivity index (χ1) is 10.8. The Kier molecular flexibility index (Phi) is 2.89. The molecule has 110 valence electrons. The third kappa shape index (κ3) is 1.88. The first-order valence-corrected chi connectivity index (χ1v) is 7.41. The summed E-state index contributed by atoms with van der Waals surface area (Å²) in [5, 5.41) is 2.31. The van der Waals surface area contributed by atoms with Crippen molar-refractivity contribution in [2.24, 2.45) is 0 Å². The number of aromatic amines is 1. The van der Waals surface area contributed by atoms with E-state index < -0.39 is 0 Å². The molecule has 0 spiro atoms. The number of pyridine rings is 1. The first kappa shape index (κ1) is 13.0. The number of ether oxygens (including phenoxy) is 1. The van der Waals surface area contributed by atoms with E-state index in [1.54, 1.807) is 13.3 Å². The van der Waals surface area contributed by atoms with E-state index in [9.17, 15) is 0 Å². The molecule has 0 bridgehead atoms. The molecule has 0 saturated carbocycles. The zero-order valence-corrected chi connectivity index (χ0v) is 12.6. The molecule has 0 amide bonds. The van der Waals surface area contributed by atoms with Gasteiger partial charge in [0, 0.05) is 46.5 Å². The van der Waals surface area contributed by atoms with Crippen LogP contribution in [0.15, 0.2) is 48.8 Å². The lowest BCUT2D eigenvalue weighted by Crippen LogP contribution is -1.90. The topological polar surface area (TPSA) is 42.8 Å². The van der Waals surface area contributed by atoms with Crippen molar-refractivity contribution in [3.05, 3.63) is 48.8 Å². The van der Waals surface area contributed by atoms with Crippen LogP contribution in [0.4, 0.5) is 0 Å². The molecule has 4 nitrogen and oxygen atoms in total. The molecule has 3 aromatic heterocycles. The minimum atomic E-state index is 0.872. The van der Waals surface area contributed by atoms with Crippen molar-refractivity contribution in [2.45, 2.75) is 13.5 Å². The van der Waals surface area contributed by atoms with Gasteiger partial charge in [0.05, 0.1) is 7.11 Å². The molecule has 0 radical (unpaired) electrons. The van der Waals surface area contributed by atoms with E-state index in [-0.39, 0.29) is 0 Å². The summed E-state index contributed by atoms with van der Waals surface area (Å²) in [6, 6.07) is 12.4. The van der Waals surface area contributed by atoms with Crippen molar-refractivity contribution >= 4 is 21.9 Å². The van der Waals surface area contributed by atoms with Gasteiger partial charge >= 0.3 is 0 Å². The van der Waals surface area contributed by atoms with Gasteiger partial charge in [-0.3, -0.25) is 0 Å². The Morgan fingerprint density at radius 1 is 1.23 bits per heavy atom. The lowest BCUT2D eigenvalue weighted by atomic mass is 10.1. The van der Waals surface area contributed by atoms with Crippen LogP contribution in [0.25, 0.3) is 33.2 Å². The van der Waals surface area contributed by atoms with Gasteiger partial charge in [-0.15, -0.1) is 0 Å². The summed E-state index contributed by atoms with van der Waals surface area (Å²) in [6.07, 6.45) is 4.00. The summed E-state index contributed by atoms with van der Waals surface area (Å²) in [4.78, 5) is 7.79. The van der Waals surface area contributed by atoms with Gasteiger partial charge in [0.25, 0.3) is 0 Å². The minimum absolute atomic E-state index is 0.872. The number of rotatable bonds is 3. The van der Waals surface area contributed by atoms with Crippen molar-refractivity contribution in [3.8, 4) is 17.0 Å². The van der Waals surface area contributed by atoms with Crippen LogP contribution in [0.2, 0.25) is 0 Å². The van der Waals surface area contributed by atoms with Crippen LogP contribution in [-0.4, -0.2) is 21.6 Å². The van der Waals surface area contributed by atoms with Gasteiger partial charge in [0.15, 0.2) is 0 Å².